The number of benzene rings is 1. The van der Waals surface area contributed by atoms with Crippen LogP contribution in [-0.2, 0) is 32.6 Å². The zero-order valence-electron chi connectivity index (χ0n) is 13.4. The zero-order chi connectivity index (χ0) is 17.7. The molecule has 8 heteroatoms. The van der Waals surface area contributed by atoms with E-state index < -0.39 is 16.0 Å². The molecule has 0 fully saturated rings. The van der Waals surface area contributed by atoms with Gasteiger partial charge in [-0.3, -0.25) is 4.79 Å². The van der Waals surface area contributed by atoms with Crippen LogP contribution in [0.5, 0.6) is 0 Å². The van der Waals surface area contributed by atoms with Crippen LogP contribution in [0, 0.1) is 5.82 Å². The first-order chi connectivity index (χ1) is 11.3. The molecule has 24 heavy (non-hydrogen) atoms. The van der Waals surface area contributed by atoms with Crippen LogP contribution in [0.2, 0.25) is 0 Å². The van der Waals surface area contributed by atoms with Crippen LogP contribution in [0.4, 0.5) is 4.39 Å². The molecule has 0 unspecified atom stereocenters. The van der Waals surface area contributed by atoms with Crippen molar-refractivity contribution in [1.29, 1.82) is 0 Å². The number of sulfonamides is 1. The van der Waals surface area contributed by atoms with Gasteiger partial charge in [-0.05, 0) is 36.2 Å². The Labute approximate surface area is 139 Å². The summed E-state index contributed by atoms with van der Waals surface area (Å²) in [4.78, 5) is 11.7. The van der Waals surface area contributed by atoms with E-state index in [9.17, 15) is 17.6 Å². The molecule has 0 aliphatic carbocycles. The van der Waals surface area contributed by atoms with Gasteiger partial charge in [0.25, 0.3) is 10.0 Å². The van der Waals surface area contributed by atoms with E-state index in [2.05, 4.69) is 0 Å². The Kier molecular flexibility index (Phi) is 5.74. The van der Waals surface area contributed by atoms with Gasteiger partial charge < -0.3 is 9.15 Å². The van der Waals surface area contributed by atoms with Gasteiger partial charge in [0, 0.05) is 20.5 Å². The average Bonchev–Trinajstić information content (AvgIpc) is 3.02. The SMILES string of the molecule is CN(C)S(=O)(=O)c1ccc(COC(=O)CCc2ccc(F)cc2)o1. The molecule has 0 amide bonds. The monoisotopic (exact) mass is 355 g/mol. The van der Waals surface area contributed by atoms with Crippen molar-refractivity contribution in [2.24, 2.45) is 0 Å². The minimum Gasteiger partial charge on any atom is -0.457 e. The van der Waals surface area contributed by atoms with E-state index in [1.165, 1.54) is 38.4 Å². The Balaban J connectivity index is 1.84. The quantitative estimate of drug-likeness (QED) is 0.713. The second-order valence-electron chi connectivity index (χ2n) is 5.30. The van der Waals surface area contributed by atoms with Crippen molar-refractivity contribution in [1.82, 2.24) is 4.31 Å². The number of hydrogen-bond acceptors (Lipinski definition) is 5. The Morgan fingerprint density at radius 1 is 1.17 bits per heavy atom. The summed E-state index contributed by atoms with van der Waals surface area (Å²) in [6, 6.07) is 8.63. The number of carbonyl (C=O) groups is 1. The number of nitrogens with zero attached hydrogens (tertiary/aromatic N) is 1. The van der Waals surface area contributed by atoms with Crippen LogP contribution in [0.3, 0.4) is 0 Å². The van der Waals surface area contributed by atoms with Crippen molar-refractivity contribution in [2.45, 2.75) is 24.5 Å². The normalized spacial score (nSPS) is 11.7. The highest BCUT2D eigenvalue weighted by Crippen LogP contribution is 2.17. The number of carbonyl (C=O) groups excluding carboxylic acids is 1. The molecule has 0 spiro atoms. The van der Waals surface area contributed by atoms with Crippen LogP contribution in [0.25, 0.3) is 0 Å². The molecule has 0 saturated carbocycles. The third kappa shape index (κ3) is 4.65. The van der Waals surface area contributed by atoms with Gasteiger partial charge in [-0.1, -0.05) is 12.1 Å². The van der Waals surface area contributed by atoms with Gasteiger partial charge in [-0.2, -0.15) is 0 Å². The van der Waals surface area contributed by atoms with Crippen molar-refractivity contribution in [3.63, 3.8) is 0 Å². The molecule has 0 aliphatic heterocycles. The molecule has 1 heterocycles. The summed E-state index contributed by atoms with van der Waals surface area (Å²) in [5.74, 6) is -0.541. The van der Waals surface area contributed by atoms with Crippen molar-refractivity contribution in [2.75, 3.05) is 14.1 Å². The Bertz CT molecular complexity index is 796. The number of ether oxygens (including phenoxy) is 1. The van der Waals surface area contributed by atoms with Crippen molar-refractivity contribution in [3.8, 4) is 0 Å². The fourth-order valence-corrected chi connectivity index (χ4v) is 2.69. The molecule has 0 aliphatic rings. The standard InChI is InChI=1S/C16H18FNO5S/c1-18(2)24(20,21)16-10-8-14(23-16)11-22-15(19)9-5-12-3-6-13(17)7-4-12/h3-4,6-8,10H,5,9,11H2,1-2H3. The van der Waals surface area contributed by atoms with Gasteiger partial charge in [-0.15, -0.1) is 0 Å². The Hall–Kier alpha value is -2.19. The van der Waals surface area contributed by atoms with E-state index in [1.807, 2.05) is 0 Å². The van der Waals surface area contributed by atoms with Crippen LogP contribution in [0.1, 0.15) is 17.7 Å². The minimum atomic E-state index is -3.65. The fourth-order valence-electron chi connectivity index (χ4n) is 1.88. The second-order valence-corrected chi connectivity index (χ2v) is 7.38. The molecular formula is C16H18FNO5S. The summed E-state index contributed by atoms with van der Waals surface area (Å²) in [6.07, 6.45) is 0.562. The molecule has 0 N–H and O–H groups in total. The van der Waals surface area contributed by atoms with E-state index in [0.29, 0.717) is 6.42 Å². The molecule has 0 atom stereocenters. The summed E-state index contributed by atoms with van der Waals surface area (Å²) in [5, 5.41) is -0.204. The maximum absolute atomic E-state index is 12.8. The van der Waals surface area contributed by atoms with Gasteiger partial charge in [0.1, 0.15) is 18.2 Å². The summed E-state index contributed by atoms with van der Waals surface area (Å²) in [6.45, 7) is -0.148. The first-order valence-electron chi connectivity index (χ1n) is 7.20. The summed E-state index contributed by atoms with van der Waals surface area (Å²) in [7, 11) is -0.857. The number of halogens is 1. The molecule has 1 aromatic heterocycles. The van der Waals surface area contributed by atoms with Gasteiger partial charge in [-0.25, -0.2) is 17.1 Å². The lowest BCUT2D eigenvalue weighted by Gasteiger charge is -2.08. The second kappa shape index (κ2) is 7.59. The summed E-state index contributed by atoms with van der Waals surface area (Å²) >= 11 is 0. The lowest BCUT2D eigenvalue weighted by atomic mass is 10.1. The fraction of sp³-hybridized carbons (Fsp3) is 0.312. The molecular weight excluding hydrogens is 337 g/mol. The van der Waals surface area contributed by atoms with E-state index in [-0.39, 0.29) is 29.7 Å². The molecule has 2 rings (SSSR count). The molecule has 2 aromatic rings. The third-order valence-electron chi connectivity index (χ3n) is 3.28. The van der Waals surface area contributed by atoms with Crippen LogP contribution in [0.15, 0.2) is 45.9 Å². The van der Waals surface area contributed by atoms with E-state index in [4.69, 9.17) is 9.15 Å². The zero-order valence-corrected chi connectivity index (χ0v) is 14.2. The predicted octanol–water partition coefficient (Wildman–Crippen LogP) is 2.35. The van der Waals surface area contributed by atoms with Gasteiger partial charge in [0.2, 0.25) is 5.09 Å². The number of esters is 1. The summed E-state index contributed by atoms with van der Waals surface area (Å²) < 4.78 is 47.8. The molecule has 0 saturated heterocycles. The average molecular weight is 355 g/mol. The van der Waals surface area contributed by atoms with Gasteiger partial charge in [0.15, 0.2) is 0 Å². The van der Waals surface area contributed by atoms with Crippen LogP contribution in [-0.4, -0.2) is 32.8 Å². The van der Waals surface area contributed by atoms with Crippen LogP contribution >= 0.6 is 0 Å². The predicted molar refractivity (Wildman–Crippen MR) is 84.1 cm³/mol. The Morgan fingerprint density at radius 3 is 2.46 bits per heavy atom. The highest BCUT2D eigenvalue weighted by atomic mass is 32.2. The van der Waals surface area contributed by atoms with Crippen LogP contribution < -0.4 is 0 Å². The lowest BCUT2D eigenvalue weighted by Crippen LogP contribution is -2.21. The van der Waals surface area contributed by atoms with Gasteiger partial charge >= 0.3 is 5.97 Å². The summed E-state index contributed by atoms with van der Waals surface area (Å²) in [5.41, 5.74) is 0.825. The maximum Gasteiger partial charge on any atom is 0.306 e. The first-order valence-corrected chi connectivity index (χ1v) is 8.64. The molecule has 0 bridgehead atoms. The van der Waals surface area contributed by atoms with Gasteiger partial charge in [0.05, 0.1) is 0 Å². The highest BCUT2D eigenvalue weighted by Gasteiger charge is 2.21. The minimum absolute atomic E-state index is 0.134. The number of aryl methyl sites for hydroxylation is 1. The van der Waals surface area contributed by atoms with Crippen molar-refractivity contribution < 1.29 is 26.8 Å². The third-order valence-corrected chi connectivity index (χ3v) is 4.97. The molecule has 130 valence electrons. The van der Waals surface area contributed by atoms with E-state index >= 15 is 0 Å². The maximum atomic E-state index is 12.8. The largest absolute Gasteiger partial charge is 0.457 e. The van der Waals surface area contributed by atoms with E-state index in [1.54, 1.807) is 12.1 Å². The number of hydrogen-bond donors (Lipinski definition) is 0. The van der Waals surface area contributed by atoms with Crippen molar-refractivity contribution >= 4 is 16.0 Å². The van der Waals surface area contributed by atoms with E-state index in [0.717, 1.165) is 9.87 Å². The molecule has 1 aromatic carbocycles. The Morgan fingerprint density at radius 2 is 1.83 bits per heavy atom. The number of rotatable bonds is 7. The van der Waals surface area contributed by atoms with Crippen molar-refractivity contribution in [3.05, 3.63) is 53.5 Å². The smallest absolute Gasteiger partial charge is 0.306 e. The first kappa shape index (κ1) is 18.2. The lowest BCUT2D eigenvalue weighted by molar-refractivity contribution is -0.145. The highest BCUT2D eigenvalue weighted by molar-refractivity contribution is 7.88. The topological polar surface area (TPSA) is 76.8 Å². The molecule has 0 radical (unpaired) electrons. The molecule has 6 nitrogen and oxygen atoms in total. The number of furan rings is 1.